The van der Waals surface area contributed by atoms with E-state index >= 15 is 8.78 Å². The molecule has 4 aromatic rings. The number of halogens is 2. The number of carbonyl (C=O) groups is 5. The van der Waals surface area contributed by atoms with Gasteiger partial charge >= 0.3 is 5.97 Å². The first-order valence-electron chi connectivity index (χ1n) is 23.8. The number of amides is 4. The largest absolute Gasteiger partial charge is 0.464 e. The van der Waals surface area contributed by atoms with Gasteiger partial charge in [-0.1, -0.05) is 39.7 Å². The summed E-state index contributed by atoms with van der Waals surface area (Å²) in [5.74, 6) is -2.49. The number of benzene rings is 1. The van der Waals surface area contributed by atoms with E-state index in [0.717, 1.165) is 43.9 Å². The van der Waals surface area contributed by atoms with Crippen LogP contribution in [0.5, 0.6) is 0 Å². The molecule has 3 aliphatic heterocycles. The molecule has 2 fully saturated rings. The fourth-order valence-electron chi connectivity index (χ4n) is 9.69. The predicted octanol–water partition coefficient (Wildman–Crippen LogP) is 5.34. The molecule has 70 heavy (non-hydrogen) atoms. The number of rotatable bonds is 10. The Hall–Kier alpha value is -5.81. The maximum Gasteiger partial charge on any atom is 0.331 e. The first kappa shape index (κ1) is 52.0. The monoisotopic (exact) mass is 985 g/mol. The summed E-state index contributed by atoms with van der Waals surface area (Å²) >= 11 is 1.28. The quantitative estimate of drug-likeness (QED) is 0.155. The number of hydrazine groups is 1. The molecular formula is C51H65F2N9O7S. The third-order valence-corrected chi connectivity index (χ3v) is 14.3. The molecule has 0 radical (unpaired) electrons. The van der Waals surface area contributed by atoms with Gasteiger partial charge in [0.25, 0.3) is 17.7 Å². The minimum Gasteiger partial charge on any atom is -0.464 e. The number of nitrogens with one attached hydrogen (secondary N) is 2. The van der Waals surface area contributed by atoms with Crippen LogP contribution in [0.25, 0.3) is 33.4 Å². The summed E-state index contributed by atoms with van der Waals surface area (Å²) in [5.41, 5.74) is 7.74. The molecule has 6 bridgehead atoms. The van der Waals surface area contributed by atoms with Crippen molar-refractivity contribution in [2.75, 3.05) is 61.0 Å². The highest BCUT2D eigenvalue weighted by Gasteiger charge is 2.51. The van der Waals surface area contributed by atoms with Gasteiger partial charge in [0, 0.05) is 98.4 Å². The smallest absolute Gasteiger partial charge is 0.331 e. The molecule has 5 atom stereocenters. The lowest BCUT2D eigenvalue weighted by atomic mass is 9.84. The van der Waals surface area contributed by atoms with E-state index in [4.69, 9.17) is 14.5 Å². The summed E-state index contributed by atoms with van der Waals surface area (Å²) in [4.78, 5) is 84.1. The number of nitrogens with zero attached hydrogens (tertiary/aromatic N) is 7. The van der Waals surface area contributed by atoms with Crippen LogP contribution in [0, 0.1) is 29.1 Å². The summed E-state index contributed by atoms with van der Waals surface area (Å²) in [6, 6.07) is 3.42. The van der Waals surface area contributed by atoms with Gasteiger partial charge in [-0.3, -0.25) is 38.9 Å². The van der Waals surface area contributed by atoms with Crippen LogP contribution in [0.4, 0.5) is 8.78 Å². The lowest BCUT2D eigenvalue weighted by molar-refractivity contribution is -0.176. The number of fused-ring (bicyclic) bond motifs is 6. The fraction of sp³-hybridized carbons (Fsp3) is 0.549. The Kier molecular flexibility index (Phi) is 15.8. The molecule has 0 saturated carbocycles. The Morgan fingerprint density at radius 1 is 1.11 bits per heavy atom. The number of carbonyl (C=O) groups excluding carboxylic acids is 5. The Morgan fingerprint density at radius 3 is 2.57 bits per heavy atom. The Bertz CT molecular complexity index is 2690. The third kappa shape index (κ3) is 11.0. The Morgan fingerprint density at radius 2 is 1.87 bits per heavy atom. The van der Waals surface area contributed by atoms with E-state index in [1.165, 1.54) is 28.2 Å². The molecule has 3 aromatic heterocycles. The zero-order chi connectivity index (χ0) is 50.8. The van der Waals surface area contributed by atoms with Gasteiger partial charge in [0.05, 0.1) is 41.6 Å². The first-order valence-corrected chi connectivity index (χ1v) is 24.7. The average Bonchev–Trinajstić information content (AvgIpc) is 4.07. The number of hydrogen-bond acceptors (Lipinski definition) is 12. The SMILES string of the molecule is CCn1c(-c2cnccc2[C@H](C)OC)c2c3cc(ccc31)-c1csc(n1)C[C@H](NC(=O)[C@H](C(C)C)N(C)C(=O)[C@H]1CCN(C(=O)C#CCN(C)C)C1)C(=O)N1CCC(F)(F)[C@H](N1)C(=O)OCC(C)(C)C2. The summed E-state index contributed by atoms with van der Waals surface area (Å²) in [6.45, 7) is 12.2. The molecule has 1 aromatic carbocycles. The number of pyridine rings is 1. The zero-order valence-corrected chi connectivity index (χ0v) is 42.5. The van der Waals surface area contributed by atoms with Gasteiger partial charge in [0.1, 0.15) is 12.1 Å². The molecule has 2 N–H and O–H groups in total. The molecule has 19 heteroatoms. The van der Waals surface area contributed by atoms with Crippen molar-refractivity contribution in [1.29, 1.82) is 0 Å². The number of likely N-dealkylation sites (tertiary alicyclic amines) is 1. The molecule has 4 amide bonds. The van der Waals surface area contributed by atoms with Crippen LogP contribution in [0.2, 0.25) is 0 Å². The minimum atomic E-state index is -3.58. The van der Waals surface area contributed by atoms with Gasteiger partial charge < -0.3 is 29.2 Å². The van der Waals surface area contributed by atoms with Crippen LogP contribution in [0.1, 0.15) is 76.6 Å². The second-order valence-electron chi connectivity index (χ2n) is 20.0. The summed E-state index contributed by atoms with van der Waals surface area (Å²) in [6.07, 6.45) is 3.07. The number of methoxy groups -OCH3 is 1. The van der Waals surface area contributed by atoms with Crippen molar-refractivity contribution in [2.24, 2.45) is 17.3 Å². The molecule has 7 rings (SSSR count). The zero-order valence-electron chi connectivity index (χ0n) is 41.7. The van der Waals surface area contributed by atoms with Gasteiger partial charge in [-0.25, -0.2) is 19.2 Å². The number of alkyl halides is 2. The standard InChI is InChI=1S/C51H65F2N9O7S/c1-11-61-40-15-14-32-23-35(40)36(44(61)37-26-54-19-16-34(37)31(4)68-10)25-50(5,6)29-69-49(67)45-51(52,53)18-22-62(57-45)48(66)38(24-41-55-39(32)28-70-41)56-46(64)43(30(2)3)59(9)47(65)33-17-21-60(27-33)42(63)13-12-20-58(7)8/h14-16,19,23,26,28,30-31,33,38,43,45,57H,11,17-18,20-22,24-25,27,29H2,1-10H3,(H,56,64)/t31-,33-,38-,43-,45+/m0/s1. The van der Waals surface area contributed by atoms with Crippen LogP contribution in [0.3, 0.4) is 0 Å². The number of esters is 1. The molecule has 2 saturated heterocycles. The lowest BCUT2D eigenvalue weighted by Crippen LogP contribution is -2.67. The van der Waals surface area contributed by atoms with Crippen molar-refractivity contribution in [3.63, 3.8) is 0 Å². The van der Waals surface area contributed by atoms with Crippen molar-refractivity contribution >= 4 is 51.8 Å². The van der Waals surface area contributed by atoms with Crippen molar-refractivity contribution < 1.29 is 42.2 Å². The summed E-state index contributed by atoms with van der Waals surface area (Å²) in [7, 11) is 6.86. The highest BCUT2D eigenvalue weighted by Crippen LogP contribution is 2.42. The van der Waals surface area contributed by atoms with Crippen LogP contribution in [-0.2, 0) is 52.8 Å². The van der Waals surface area contributed by atoms with Gasteiger partial charge in [0.15, 0.2) is 6.04 Å². The topological polar surface area (TPSA) is 172 Å². The van der Waals surface area contributed by atoms with Gasteiger partial charge in [-0.2, -0.15) is 0 Å². The number of hydrogen-bond donors (Lipinski definition) is 2. The number of aryl methyl sites for hydroxylation is 1. The number of aromatic nitrogens is 3. The van der Waals surface area contributed by atoms with Crippen molar-refractivity contribution in [3.05, 3.63) is 58.2 Å². The van der Waals surface area contributed by atoms with Gasteiger partial charge in [-0.15, -0.1) is 11.3 Å². The van der Waals surface area contributed by atoms with Crippen LogP contribution in [-0.4, -0.2) is 149 Å². The fourth-order valence-corrected chi connectivity index (χ4v) is 10.5. The summed E-state index contributed by atoms with van der Waals surface area (Å²) < 4.78 is 45.4. The summed E-state index contributed by atoms with van der Waals surface area (Å²) in [5, 5.41) is 7.09. The molecule has 6 heterocycles. The molecule has 0 unspecified atom stereocenters. The third-order valence-electron chi connectivity index (χ3n) is 13.4. The minimum absolute atomic E-state index is 0.129. The normalized spacial score (nSPS) is 21.2. The van der Waals surface area contributed by atoms with Crippen molar-refractivity contribution in [1.82, 2.24) is 45.0 Å². The maximum atomic E-state index is 15.8. The number of cyclic esters (lactones) is 1. The predicted molar refractivity (Wildman–Crippen MR) is 262 cm³/mol. The van der Waals surface area contributed by atoms with Crippen molar-refractivity contribution in [2.45, 2.75) is 104 Å². The van der Waals surface area contributed by atoms with Gasteiger partial charge in [0.2, 0.25) is 11.8 Å². The van der Waals surface area contributed by atoms with Crippen molar-refractivity contribution in [3.8, 4) is 34.4 Å². The maximum absolute atomic E-state index is 15.8. The molecule has 3 aliphatic rings. The second-order valence-corrected chi connectivity index (χ2v) is 20.9. The van der Waals surface area contributed by atoms with E-state index in [9.17, 15) is 24.0 Å². The number of ether oxygens (including phenoxy) is 2. The lowest BCUT2D eigenvalue weighted by Gasteiger charge is -2.40. The van der Waals surface area contributed by atoms with E-state index in [1.54, 1.807) is 27.2 Å². The first-order chi connectivity index (χ1) is 33.1. The van der Waals surface area contributed by atoms with E-state index in [1.807, 2.05) is 69.5 Å². The molecule has 376 valence electrons. The number of thiazole rings is 1. The van der Waals surface area contributed by atoms with Crippen LogP contribution in [0.15, 0.2) is 42.0 Å². The highest BCUT2D eigenvalue weighted by atomic mass is 32.1. The Labute approximate surface area is 412 Å². The van der Waals surface area contributed by atoms with E-state index in [0.29, 0.717) is 43.2 Å². The van der Waals surface area contributed by atoms with Crippen LogP contribution >= 0.6 is 11.3 Å². The van der Waals surface area contributed by atoms with Crippen LogP contribution < -0.4 is 10.7 Å². The molecular weight excluding hydrogens is 921 g/mol. The van der Waals surface area contributed by atoms with Gasteiger partial charge in [-0.05, 0) is 81.9 Å². The highest BCUT2D eigenvalue weighted by molar-refractivity contribution is 7.10. The molecule has 16 nitrogen and oxygen atoms in total. The average molecular weight is 986 g/mol. The Balaban J connectivity index is 1.25. The molecule has 0 spiro atoms. The van der Waals surface area contributed by atoms with E-state index in [2.05, 4.69) is 45.1 Å². The number of likely N-dealkylation sites (N-methyl/N-ethyl adjacent to an activating group) is 1. The van der Waals surface area contributed by atoms with E-state index < -0.39 is 72.0 Å². The second kappa shape index (κ2) is 21.3. The van der Waals surface area contributed by atoms with E-state index in [-0.39, 0.29) is 37.5 Å². The molecule has 0 aliphatic carbocycles.